The molecule has 0 atom stereocenters. The van der Waals surface area contributed by atoms with Crippen molar-refractivity contribution in [2.45, 2.75) is 45.6 Å². The van der Waals surface area contributed by atoms with Gasteiger partial charge in [0, 0.05) is 41.2 Å². The second kappa shape index (κ2) is 9.90. The molecular weight excluding hydrogens is 414 g/mol. The van der Waals surface area contributed by atoms with Crippen molar-refractivity contribution in [2.24, 2.45) is 0 Å². The first-order valence-corrected chi connectivity index (χ1v) is 11.4. The van der Waals surface area contributed by atoms with Crippen LogP contribution < -0.4 is 4.74 Å². The first-order chi connectivity index (χ1) is 16.0. The highest BCUT2D eigenvalue weighted by Gasteiger charge is 2.13. The number of carbonyl (C=O) groups is 2. The summed E-state index contributed by atoms with van der Waals surface area (Å²) >= 11 is 0. The van der Waals surface area contributed by atoms with Gasteiger partial charge in [-0.05, 0) is 61.2 Å². The van der Waals surface area contributed by atoms with Gasteiger partial charge in [0.25, 0.3) is 0 Å². The summed E-state index contributed by atoms with van der Waals surface area (Å²) in [5.41, 5.74) is 4.37. The number of methoxy groups -OCH3 is 1. The highest BCUT2D eigenvalue weighted by atomic mass is 16.5. The lowest BCUT2D eigenvalue weighted by atomic mass is 10.00. The van der Waals surface area contributed by atoms with Crippen molar-refractivity contribution >= 4 is 33.4 Å². The van der Waals surface area contributed by atoms with Crippen LogP contribution in [0.25, 0.3) is 21.8 Å². The third-order valence-corrected chi connectivity index (χ3v) is 6.18. The number of hydrogen-bond acceptors (Lipinski definition) is 4. The van der Waals surface area contributed by atoms with Crippen molar-refractivity contribution in [1.82, 2.24) is 4.57 Å². The number of fused-ring (bicyclic) bond motifs is 3. The van der Waals surface area contributed by atoms with E-state index in [1.165, 1.54) is 28.9 Å². The quantitative estimate of drug-likeness (QED) is 0.323. The SMILES string of the molecule is CCn1c2ccccc2c2cc(CCC(=O)CC(=O)CCc3ccc(OC)c(O)c3)ccc21. The number of benzene rings is 3. The van der Waals surface area contributed by atoms with Crippen LogP contribution in [0.5, 0.6) is 11.5 Å². The molecule has 0 aliphatic rings. The summed E-state index contributed by atoms with van der Waals surface area (Å²) in [6, 6.07) is 19.9. The van der Waals surface area contributed by atoms with Gasteiger partial charge in [-0.3, -0.25) is 9.59 Å². The number of phenolic OH excluding ortho intramolecular Hbond substituents is 1. The molecule has 0 fully saturated rings. The molecule has 0 saturated carbocycles. The van der Waals surface area contributed by atoms with E-state index in [4.69, 9.17) is 4.74 Å². The van der Waals surface area contributed by atoms with Crippen LogP contribution in [0.3, 0.4) is 0 Å². The number of ketones is 2. The van der Waals surface area contributed by atoms with E-state index in [-0.39, 0.29) is 30.2 Å². The fraction of sp³-hybridized carbons (Fsp3) is 0.286. The van der Waals surface area contributed by atoms with Crippen molar-refractivity contribution in [2.75, 3.05) is 7.11 Å². The second-order valence-corrected chi connectivity index (χ2v) is 8.37. The number of hydrogen-bond donors (Lipinski definition) is 1. The Balaban J connectivity index is 1.34. The van der Waals surface area contributed by atoms with E-state index in [0.29, 0.717) is 25.0 Å². The number of aromatic nitrogens is 1. The third kappa shape index (κ3) is 4.92. The maximum atomic E-state index is 12.4. The molecule has 0 saturated heterocycles. The van der Waals surface area contributed by atoms with Crippen molar-refractivity contribution in [3.63, 3.8) is 0 Å². The number of para-hydroxylation sites is 1. The molecule has 170 valence electrons. The van der Waals surface area contributed by atoms with Gasteiger partial charge in [-0.25, -0.2) is 0 Å². The molecule has 1 N–H and O–H groups in total. The predicted octanol–water partition coefficient (Wildman–Crippen LogP) is 5.62. The van der Waals surface area contributed by atoms with Gasteiger partial charge in [0.2, 0.25) is 0 Å². The van der Waals surface area contributed by atoms with Crippen LogP contribution in [0.2, 0.25) is 0 Å². The maximum Gasteiger partial charge on any atom is 0.160 e. The van der Waals surface area contributed by atoms with Gasteiger partial charge in [-0.15, -0.1) is 0 Å². The Hall–Kier alpha value is -3.60. The smallest absolute Gasteiger partial charge is 0.160 e. The minimum atomic E-state index is -0.0724. The molecule has 3 aromatic carbocycles. The van der Waals surface area contributed by atoms with Crippen LogP contribution in [0, 0.1) is 0 Å². The standard InChI is InChI=1S/C28H29NO4/c1-3-29-25-7-5-4-6-23(25)24-16-19(10-14-26(24)29)8-12-21(30)18-22(31)13-9-20-11-15-28(33-2)27(32)17-20/h4-7,10-11,14-17,32H,3,8-9,12-13,18H2,1-2H3. The average molecular weight is 444 g/mol. The molecular formula is C28H29NO4. The number of carbonyl (C=O) groups excluding carboxylic acids is 2. The number of nitrogens with zero attached hydrogens (tertiary/aromatic N) is 1. The van der Waals surface area contributed by atoms with Crippen LogP contribution in [0.1, 0.15) is 37.3 Å². The highest BCUT2D eigenvalue weighted by molar-refractivity contribution is 6.08. The van der Waals surface area contributed by atoms with Gasteiger partial charge >= 0.3 is 0 Å². The number of phenols is 1. The Labute approximate surface area is 193 Å². The van der Waals surface area contributed by atoms with E-state index in [0.717, 1.165) is 17.7 Å². The van der Waals surface area contributed by atoms with Crippen molar-refractivity contribution < 1.29 is 19.4 Å². The first-order valence-electron chi connectivity index (χ1n) is 11.4. The predicted molar refractivity (Wildman–Crippen MR) is 131 cm³/mol. The Kier molecular flexibility index (Phi) is 6.78. The van der Waals surface area contributed by atoms with Crippen molar-refractivity contribution in [3.05, 3.63) is 71.8 Å². The molecule has 5 nitrogen and oxygen atoms in total. The van der Waals surface area contributed by atoms with E-state index < -0.39 is 0 Å². The second-order valence-electron chi connectivity index (χ2n) is 8.37. The highest BCUT2D eigenvalue weighted by Crippen LogP contribution is 2.30. The van der Waals surface area contributed by atoms with Gasteiger partial charge in [0.1, 0.15) is 11.6 Å². The molecule has 0 spiro atoms. The number of rotatable bonds is 10. The fourth-order valence-corrected chi connectivity index (χ4v) is 4.45. The lowest BCUT2D eigenvalue weighted by Crippen LogP contribution is -2.09. The molecule has 0 aliphatic carbocycles. The zero-order valence-electron chi connectivity index (χ0n) is 19.1. The zero-order chi connectivity index (χ0) is 23.4. The molecule has 5 heteroatoms. The molecule has 1 aromatic heterocycles. The normalized spacial score (nSPS) is 11.2. The summed E-state index contributed by atoms with van der Waals surface area (Å²) in [7, 11) is 1.49. The van der Waals surface area contributed by atoms with E-state index >= 15 is 0 Å². The average Bonchev–Trinajstić information content (AvgIpc) is 3.14. The Morgan fingerprint density at radius 2 is 1.48 bits per heavy atom. The maximum absolute atomic E-state index is 12.4. The van der Waals surface area contributed by atoms with Gasteiger partial charge in [0.05, 0.1) is 13.5 Å². The van der Waals surface area contributed by atoms with Crippen molar-refractivity contribution in [3.8, 4) is 11.5 Å². The zero-order valence-corrected chi connectivity index (χ0v) is 19.1. The summed E-state index contributed by atoms with van der Waals surface area (Å²) in [6.45, 7) is 3.05. The number of ether oxygens (including phenoxy) is 1. The molecule has 0 amide bonds. The van der Waals surface area contributed by atoms with Gasteiger partial charge in [0.15, 0.2) is 11.5 Å². The van der Waals surface area contributed by atoms with Crippen molar-refractivity contribution in [1.29, 1.82) is 0 Å². The Bertz CT molecular complexity index is 1320. The summed E-state index contributed by atoms with van der Waals surface area (Å²) in [4.78, 5) is 24.7. The topological polar surface area (TPSA) is 68.5 Å². The lowest BCUT2D eigenvalue weighted by Gasteiger charge is -2.06. The minimum absolute atomic E-state index is 0.0336. The van der Waals surface area contributed by atoms with Crippen LogP contribution in [-0.4, -0.2) is 28.3 Å². The van der Waals surface area contributed by atoms with Crippen LogP contribution in [-0.2, 0) is 29.0 Å². The van der Waals surface area contributed by atoms with E-state index in [9.17, 15) is 14.7 Å². The molecule has 0 unspecified atom stereocenters. The molecule has 0 aliphatic heterocycles. The summed E-state index contributed by atoms with van der Waals surface area (Å²) < 4.78 is 7.34. The van der Waals surface area contributed by atoms with Gasteiger partial charge < -0.3 is 14.4 Å². The molecule has 33 heavy (non-hydrogen) atoms. The van der Waals surface area contributed by atoms with Crippen LogP contribution in [0.4, 0.5) is 0 Å². The summed E-state index contributed by atoms with van der Waals surface area (Å²) in [5.74, 6) is 0.348. The number of aromatic hydroxyl groups is 1. The first kappa shape index (κ1) is 22.6. The molecule has 4 rings (SSSR count). The summed E-state index contributed by atoms with van der Waals surface area (Å²) in [5, 5.41) is 12.3. The molecule has 4 aromatic rings. The minimum Gasteiger partial charge on any atom is -0.504 e. The molecule has 0 bridgehead atoms. The largest absolute Gasteiger partial charge is 0.504 e. The van der Waals surface area contributed by atoms with E-state index in [1.54, 1.807) is 12.1 Å². The van der Waals surface area contributed by atoms with Gasteiger partial charge in [-0.1, -0.05) is 30.3 Å². The fourth-order valence-electron chi connectivity index (χ4n) is 4.45. The van der Waals surface area contributed by atoms with E-state index in [2.05, 4.69) is 54.0 Å². The van der Waals surface area contributed by atoms with Crippen LogP contribution in [0.15, 0.2) is 60.7 Å². The Morgan fingerprint density at radius 3 is 2.15 bits per heavy atom. The monoisotopic (exact) mass is 443 g/mol. The molecule has 1 heterocycles. The van der Waals surface area contributed by atoms with Gasteiger partial charge in [-0.2, -0.15) is 0 Å². The summed E-state index contributed by atoms with van der Waals surface area (Å²) in [6.07, 6.45) is 1.70. The number of aryl methyl sites for hydroxylation is 3. The van der Waals surface area contributed by atoms with Crippen LogP contribution >= 0.6 is 0 Å². The Morgan fingerprint density at radius 1 is 0.848 bits per heavy atom. The lowest BCUT2D eigenvalue weighted by molar-refractivity contribution is -0.126. The third-order valence-electron chi connectivity index (χ3n) is 6.18. The number of Topliss-reactive ketones (excluding diaryl/α,β-unsaturated/α-hetero) is 2. The molecule has 0 radical (unpaired) electrons. The van der Waals surface area contributed by atoms with E-state index in [1.807, 2.05) is 6.07 Å².